The van der Waals surface area contributed by atoms with E-state index in [4.69, 9.17) is 11.6 Å². The molecule has 0 radical (unpaired) electrons. The molecule has 3 amide bonds. The summed E-state index contributed by atoms with van der Waals surface area (Å²) < 4.78 is 0. The molecule has 2 N–H and O–H groups in total. The van der Waals surface area contributed by atoms with E-state index in [9.17, 15) is 9.59 Å². The zero-order chi connectivity index (χ0) is 17.3. The summed E-state index contributed by atoms with van der Waals surface area (Å²) in [5, 5.41) is 6.31. The van der Waals surface area contributed by atoms with Crippen LogP contribution in [0, 0.1) is 18.3 Å². The molecule has 1 saturated carbocycles. The Hall–Kier alpha value is -1.75. The van der Waals surface area contributed by atoms with Crippen LogP contribution in [0.5, 0.6) is 0 Å². The van der Waals surface area contributed by atoms with E-state index in [1.807, 2.05) is 13.0 Å². The number of anilines is 1. The lowest BCUT2D eigenvalue weighted by atomic mass is 9.76. The zero-order valence-corrected chi connectivity index (χ0v) is 14.9. The van der Waals surface area contributed by atoms with Crippen LogP contribution in [0.2, 0.25) is 5.02 Å². The number of carbonyl (C=O) groups excluding carboxylic acids is 2. The van der Waals surface area contributed by atoms with Crippen molar-refractivity contribution in [3.05, 3.63) is 28.8 Å². The molecule has 0 unspecified atom stereocenters. The smallest absolute Gasteiger partial charge is 0.321 e. The monoisotopic (exact) mass is 349 g/mol. The third-order valence-corrected chi connectivity index (χ3v) is 5.77. The molecule has 1 aromatic carbocycles. The van der Waals surface area contributed by atoms with Gasteiger partial charge in [-0.05, 0) is 37.5 Å². The van der Waals surface area contributed by atoms with Gasteiger partial charge in [-0.1, -0.05) is 30.5 Å². The van der Waals surface area contributed by atoms with E-state index >= 15 is 0 Å². The standard InChI is InChI=1S/C18H24ClN3O2/c1-12-5-6-13(19)9-15(12)21-17(24)22-10-14(16(23)20-2)18(11-22)7-3-4-8-18/h5-6,9,14H,3-4,7-8,10-11H2,1-2H3,(H,20,23)(H,21,24)/t14-/m1/s1. The highest BCUT2D eigenvalue weighted by Crippen LogP contribution is 2.49. The molecule has 0 bridgehead atoms. The van der Waals surface area contributed by atoms with Gasteiger partial charge in [0.2, 0.25) is 5.91 Å². The summed E-state index contributed by atoms with van der Waals surface area (Å²) >= 11 is 6.02. The highest BCUT2D eigenvalue weighted by atomic mass is 35.5. The first-order valence-corrected chi connectivity index (χ1v) is 8.87. The van der Waals surface area contributed by atoms with Crippen LogP contribution in [0.25, 0.3) is 0 Å². The van der Waals surface area contributed by atoms with Crippen molar-refractivity contribution in [3.8, 4) is 0 Å². The number of hydrogen-bond acceptors (Lipinski definition) is 2. The first kappa shape index (κ1) is 17.1. The molecule has 130 valence electrons. The van der Waals surface area contributed by atoms with Crippen molar-refractivity contribution in [2.24, 2.45) is 11.3 Å². The third-order valence-electron chi connectivity index (χ3n) is 5.54. The summed E-state index contributed by atoms with van der Waals surface area (Å²) in [6.45, 7) is 3.06. The lowest BCUT2D eigenvalue weighted by Gasteiger charge is -2.28. The van der Waals surface area contributed by atoms with Crippen molar-refractivity contribution < 1.29 is 9.59 Å². The number of nitrogens with one attached hydrogen (secondary N) is 2. The summed E-state index contributed by atoms with van der Waals surface area (Å²) in [5.74, 6) is -0.0673. The maximum Gasteiger partial charge on any atom is 0.321 e. The van der Waals surface area contributed by atoms with E-state index in [-0.39, 0.29) is 23.3 Å². The van der Waals surface area contributed by atoms with Crippen LogP contribution >= 0.6 is 11.6 Å². The van der Waals surface area contributed by atoms with E-state index in [0.29, 0.717) is 18.1 Å². The zero-order valence-electron chi connectivity index (χ0n) is 14.2. The minimum absolute atomic E-state index is 0.0473. The number of carbonyl (C=O) groups is 2. The molecule has 3 rings (SSSR count). The normalized spacial score (nSPS) is 22.0. The molecule has 1 saturated heterocycles. The molecular formula is C18H24ClN3O2. The van der Waals surface area contributed by atoms with Crippen LogP contribution in [0.15, 0.2) is 18.2 Å². The Kier molecular flexibility index (Phi) is 4.72. The van der Waals surface area contributed by atoms with Crippen molar-refractivity contribution in [2.75, 3.05) is 25.5 Å². The second-order valence-electron chi connectivity index (χ2n) is 7.01. The van der Waals surface area contributed by atoms with Crippen LogP contribution in [0.3, 0.4) is 0 Å². The number of amides is 3. The molecule has 1 aromatic rings. The van der Waals surface area contributed by atoms with Gasteiger partial charge in [-0.2, -0.15) is 0 Å². The van der Waals surface area contributed by atoms with E-state index in [2.05, 4.69) is 10.6 Å². The Balaban J connectivity index is 1.76. The van der Waals surface area contributed by atoms with Gasteiger partial charge in [-0.3, -0.25) is 4.79 Å². The van der Waals surface area contributed by atoms with E-state index < -0.39 is 0 Å². The van der Waals surface area contributed by atoms with Crippen molar-refractivity contribution in [2.45, 2.75) is 32.6 Å². The van der Waals surface area contributed by atoms with Gasteiger partial charge >= 0.3 is 6.03 Å². The molecular weight excluding hydrogens is 326 g/mol. The Morgan fingerprint density at radius 3 is 2.67 bits per heavy atom. The van der Waals surface area contributed by atoms with Crippen molar-refractivity contribution in [3.63, 3.8) is 0 Å². The largest absolute Gasteiger partial charge is 0.359 e. The molecule has 24 heavy (non-hydrogen) atoms. The first-order chi connectivity index (χ1) is 11.4. The Morgan fingerprint density at radius 2 is 2.00 bits per heavy atom. The molecule has 2 aliphatic rings. The third kappa shape index (κ3) is 3.09. The Bertz CT molecular complexity index is 656. The van der Waals surface area contributed by atoms with Gasteiger partial charge in [-0.15, -0.1) is 0 Å². The molecule has 1 aliphatic carbocycles. The number of nitrogens with zero attached hydrogens (tertiary/aromatic N) is 1. The van der Waals surface area contributed by atoms with Crippen molar-refractivity contribution >= 4 is 29.2 Å². The molecule has 5 nitrogen and oxygen atoms in total. The van der Waals surface area contributed by atoms with Crippen molar-refractivity contribution in [1.82, 2.24) is 10.2 Å². The van der Waals surface area contributed by atoms with Gasteiger partial charge < -0.3 is 15.5 Å². The van der Waals surface area contributed by atoms with E-state index in [1.54, 1.807) is 24.1 Å². The summed E-state index contributed by atoms with van der Waals surface area (Å²) in [5.41, 5.74) is 1.63. The van der Waals surface area contributed by atoms with Crippen molar-refractivity contribution in [1.29, 1.82) is 0 Å². The fraction of sp³-hybridized carbons (Fsp3) is 0.556. The number of aryl methyl sites for hydroxylation is 1. The second-order valence-corrected chi connectivity index (χ2v) is 7.44. The van der Waals surface area contributed by atoms with Gasteiger partial charge in [0.1, 0.15) is 0 Å². The number of urea groups is 1. The van der Waals surface area contributed by atoms with E-state index in [1.165, 1.54) is 0 Å². The Morgan fingerprint density at radius 1 is 1.29 bits per heavy atom. The minimum atomic E-state index is -0.155. The fourth-order valence-corrected chi connectivity index (χ4v) is 4.34. The number of halogens is 1. The SMILES string of the molecule is CNC(=O)[C@H]1CN(C(=O)Nc2cc(Cl)ccc2C)CC12CCCC2. The van der Waals surface area contributed by atoms with Crippen LogP contribution < -0.4 is 10.6 Å². The molecule has 6 heteroatoms. The number of likely N-dealkylation sites (tertiary alicyclic amines) is 1. The van der Waals surface area contributed by atoms with E-state index in [0.717, 1.165) is 36.9 Å². The molecule has 1 aliphatic heterocycles. The molecule has 1 atom stereocenters. The van der Waals surface area contributed by atoms with Gasteiger partial charge in [-0.25, -0.2) is 4.79 Å². The lowest BCUT2D eigenvalue weighted by Crippen LogP contribution is -2.38. The molecule has 0 aromatic heterocycles. The Labute approximate surface area is 147 Å². The van der Waals surface area contributed by atoms with Gasteiger partial charge in [0, 0.05) is 36.3 Å². The summed E-state index contributed by atoms with van der Waals surface area (Å²) in [6, 6.07) is 5.29. The summed E-state index contributed by atoms with van der Waals surface area (Å²) in [6.07, 6.45) is 4.31. The fourth-order valence-electron chi connectivity index (χ4n) is 4.17. The average molecular weight is 350 g/mol. The predicted octanol–water partition coefficient (Wildman–Crippen LogP) is 3.42. The predicted molar refractivity (Wildman–Crippen MR) is 95.2 cm³/mol. The van der Waals surface area contributed by atoms with Crippen LogP contribution in [0.1, 0.15) is 31.2 Å². The van der Waals surface area contributed by atoms with Gasteiger partial charge in [0.05, 0.1) is 5.92 Å². The van der Waals surface area contributed by atoms with Crippen LogP contribution in [-0.4, -0.2) is 37.0 Å². The van der Waals surface area contributed by atoms with Crippen LogP contribution in [0.4, 0.5) is 10.5 Å². The lowest BCUT2D eigenvalue weighted by molar-refractivity contribution is -0.127. The highest BCUT2D eigenvalue weighted by Gasteiger charge is 2.52. The minimum Gasteiger partial charge on any atom is -0.359 e. The molecule has 1 spiro atoms. The molecule has 2 fully saturated rings. The summed E-state index contributed by atoms with van der Waals surface area (Å²) in [4.78, 5) is 26.8. The number of hydrogen-bond donors (Lipinski definition) is 2. The quantitative estimate of drug-likeness (QED) is 0.859. The first-order valence-electron chi connectivity index (χ1n) is 8.49. The number of rotatable bonds is 2. The van der Waals surface area contributed by atoms with Crippen LogP contribution in [-0.2, 0) is 4.79 Å². The maximum atomic E-state index is 12.7. The second kappa shape index (κ2) is 6.63. The molecule has 1 heterocycles. The topological polar surface area (TPSA) is 61.4 Å². The number of benzene rings is 1. The van der Waals surface area contributed by atoms with Gasteiger partial charge in [0.25, 0.3) is 0 Å². The average Bonchev–Trinajstić information content (AvgIpc) is 3.18. The van der Waals surface area contributed by atoms with Gasteiger partial charge in [0.15, 0.2) is 0 Å². The maximum absolute atomic E-state index is 12.7. The highest BCUT2D eigenvalue weighted by molar-refractivity contribution is 6.31. The summed E-state index contributed by atoms with van der Waals surface area (Å²) in [7, 11) is 1.67.